The van der Waals surface area contributed by atoms with E-state index in [2.05, 4.69) is 4.74 Å². The summed E-state index contributed by atoms with van der Waals surface area (Å²) in [6.45, 7) is -0.804. The van der Waals surface area contributed by atoms with Gasteiger partial charge in [-0.2, -0.15) is 8.78 Å². The van der Waals surface area contributed by atoms with E-state index in [4.69, 9.17) is 9.47 Å². The second-order valence-corrected chi connectivity index (χ2v) is 4.71. The first-order valence-electron chi connectivity index (χ1n) is 6.78. The molecule has 0 bridgehead atoms. The highest BCUT2D eigenvalue weighted by molar-refractivity contribution is 5.73. The summed E-state index contributed by atoms with van der Waals surface area (Å²) in [6, 6.07) is 6.58. The zero-order valence-electron chi connectivity index (χ0n) is 12.7. The number of hydrogen-bond donors (Lipinski definition) is 0. The van der Waals surface area contributed by atoms with E-state index >= 15 is 0 Å². The van der Waals surface area contributed by atoms with Gasteiger partial charge in [0.2, 0.25) is 34.8 Å². The fourth-order valence-corrected chi connectivity index (χ4v) is 1.79. The molecule has 0 aliphatic carbocycles. The van der Waals surface area contributed by atoms with E-state index in [0.717, 1.165) is 0 Å². The van der Waals surface area contributed by atoms with Crippen LogP contribution >= 0.6 is 0 Å². The molecule has 134 valence electrons. The minimum Gasteiger partial charge on any atom is -0.497 e. The van der Waals surface area contributed by atoms with Crippen molar-refractivity contribution in [1.29, 1.82) is 0 Å². The SMILES string of the molecule is COc1ccc(COCC(=O)Oc2c(F)c(F)c(F)c(F)c2F)cc1. The van der Waals surface area contributed by atoms with Crippen LogP contribution in [0.4, 0.5) is 22.0 Å². The highest BCUT2D eigenvalue weighted by Gasteiger charge is 2.28. The number of benzene rings is 2. The summed E-state index contributed by atoms with van der Waals surface area (Å²) in [4.78, 5) is 11.5. The Labute approximate surface area is 138 Å². The standard InChI is InChI=1S/C16H11F5O4/c1-23-9-4-2-8(3-5-9)6-24-7-10(22)25-16-14(20)12(18)11(17)13(19)15(16)21/h2-5H,6-7H2,1H3. The zero-order chi connectivity index (χ0) is 18.6. The molecule has 0 atom stereocenters. The van der Waals surface area contributed by atoms with Crippen LogP contribution < -0.4 is 9.47 Å². The highest BCUT2D eigenvalue weighted by Crippen LogP contribution is 2.29. The lowest BCUT2D eigenvalue weighted by Crippen LogP contribution is -2.18. The largest absolute Gasteiger partial charge is 0.497 e. The number of rotatable bonds is 6. The topological polar surface area (TPSA) is 44.8 Å². The molecule has 2 rings (SSSR count). The molecule has 4 nitrogen and oxygen atoms in total. The molecule has 0 fully saturated rings. The summed E-state index contributed by atoms with van der Waals surface area (Å²) >= 11 is 0. The minimum absolute atomic E-state index is 0.0454. The van der Waals surface area contributed by atoms with Crippen molar-refractivity contribution in [2.75, 3.05) is 13.7 Å². The normalized spacial score (nSPS) is 10.6. The Bertz CT molecular complexity index is 748. The summed E-state index contributed by atoms with van der Waals surface area (Å²) in [5.41, 5.74) is 0.657. The van der Waals surface area contributed by atoms with Crippen LogP contribution in [-0.2, 0) is 16.1 Å². The number of ether oxygens (including phenoxy) is 3. The Hall–Kier alpha value is -2.68. The second kappa shape index (κ2) is 7.93. The fourth-order valence-electron chi connectivity index (χ4n) is 1.79. The molecule has 2 aromatic rings. The minimum atomic E-state index is -2.34. The molecule has 0 spiro atoms. The third kappa shape index (κ3) is 4.24. The van der Waals surface area contributed by atoms with E-state index in [9.17, 15) is 26.7 Å². The summed E-state index contributed by atoms with van der Waals surface area (Å²) in [5, 5.41) is 0. The summed E-state index contributed by atoms with van der Waals surface area (Å²) in [6.07, 6.45) is 0. The third-order valence-electron chi connectivity index (χ3n) is 3.03. The van der Waals surface area contributed by atoms with Gasteiger partial charge in [-0.05, 0) is 17.7 Å². The van der Waals surface area contributed by atoms with Crippen molar-refractivity contribution in [1.82, 2.24) is 0 Å². The number of methoxy groups -OCH3 is 1. The molecule has 0 radical (unpaired) electrons. The highest BCUT2D eigenvalue weighted by atomic mass is 19.2. The van der Waals surface area contributed by atoms with Gasteiger partial charge in [-0.15, -0.1) is 0 Å². The molecule has 0 saturated carbocycles. The van der Waals surface area contributed by atoms with E-state index in [1.807, 2.05) is 0 Å². The van der Waals surface area contributed by atoms with Gasteiger partial charge in [0.1, 0.15) is 12.4 Å². The molecule has 2 aromatic carbocycles. The monoisotopic (exact) mass is 362 g/mol. The van der Waals surface area contributed by atoms with Gasteiger partial charge in [-0.3, -0.25) is 0 Å². The molecule has 0 aromatic heterocycles. The van der Waals surface area contributed by atoms with Crippen molar-refractivity contribution in [2.45, 2.75) is 6.61 Å². The van der Waals surface area contributed by atoms with Gasteiger partial charge in [0.15, 0.2) is 0 Å². The first-order valence-corrected chi connectivity index (χ1v) is 6.78. The van der Waals surface area contributed by atoms with Crippen molar-refractivity contribution < 1.29 is 41.0 Å². The van der Waals surface area contributed by atoms with Gasteiger partial charge < -0.3 is 14.2 Å². The quantitative estimate of drug-likeness (QED) is 0.259. The van der Waals surface area contributed by atoms with Crippen LogP contribution in [0.25, 0.3) is 0 Å². The van der Waals surface area contributed by atoms with E-state index in [-0.39, 0.29) is 6.61 Å². The molecule has 25 heavy (non-hydrogen) atoms. The van der Waals surface area contributed by atoms with Crippen LogP contribution in [-0.4, -0.2) is 19.7 Å². The molecule has 0 amide bonds. The van der Waals surface area contributed by atoms with Gasteiger partial charge in [0.05, 0.1) is 13.7 Å². The third-order valence-corrected chi connectivity index (χ3v) is 3.03. The Balaban J connectivity index is 1.96. The van der Waals surface area contributed by atoms with Crippen LogP contribution in [0.5, 0.6) is 11.5 Å². The Kier molecular flexibility index (Phi) is 5.92. The van der Waals surface area contributed by atoms with Crippen molar-refractivity contribution in [3.63, 3.8) is 0 Å². The Morgan fingerprint density at radius 3 is 1.92 bits per heavy atom. The Morgan fingerprint density at radius 2 is 1.40 bits per heavy atom. The fraction of sp³-hybridized carbons (Fsp3) is 0.188. The first-order chi connectivity index (χ1) is 11.8. The van der Waals surface area contributed by atoms with Crippen LogP contribution in [0.2, 0.25) is 0 Å². The van der Waals surface area contributed by atoms with E-state index in [1.54, 1.807) is 24.3 Å². The number of carbonyl (C=O) groups excluding carboxylic acids is 1. The number of hydrogen-bond acceptors (Lipinski definition) is 4. The van der Waals surface area contributed by atoms with Gasteiger partial charge >= 0.3 is 5.97 Å². The average molecular weight is 362 g/mol. The van der Waals surface area contributed by atoms with Crippen LogP contribution in [0.1, 0.15) is 5.56 Å². The van der Waals surface area contributed by atoms with Crippen molar-refractivity contribution >= 4 is 5.97 Å². The van der Waals surface area contributed by atoms with Gasteiger partial charge in [0.25, 0.3) is 0 Å². The molecular formula is C16H11F5O4. The molecule has 0 aliphatic rings. The van der Waals surface area contributed by atoms with Crippen molar-refractivity contribution in [2.24, 2.45) is 0 Å². The van der Waals surface area contributed by atoms with Crippen molar-refractivity contribution in [3.05, 3.63) is 58.9 Å². The lowest BCUT2D eigenvalue weighted by atomic mass is 10.2. The molecular weight excluding hydrogens is 351 g/mol. The Morgan fingerprint density at radius 1 is 0.880 bits per heavy atom. The molecule has 0 unspecified atom stereocenters. The predicted octanol–water partition coefficient (Wildman–Crippen LogP) is 3.51. The molecule has 0 aliphatic heterocycles. The zero-order valence-corrected chi connectivity index (χ0v) is 12.7. The first kappa shape index (κ1) is 18.7. The van der Waals surface area contributed by atoms with Gasteiger partial charge in [0, 0.05) is 0 Å². The van der Waals surface area contributed by atoms with E-state index in [0.29, 0.717) is 11.3 Å². The average Bonchev–Trinajstić information content (AvgIpc) is 2.62. The van der Waals surface area contributed by atoms with E-state index < -0.39 is 47.4 Å². The maximum Gasteiger partial charge on any atom is 0.337 e. The van der Waals surface area contributed by atoms with Crippen molar-refractivity contribution in [3.8, 4) is 11.5 Å². The molecule has 9 heteroatoms. The second-order valence-electron chi connectivity index (χ2n) is 4.71. The van der Waals surface area contributed by atoms with Crippen LogP contribution in [0, 0.1) is 29.1 Å². The molecule has 0 heterocycles. The molecule has 0 N–H and O–H groups in total. The lowest BCUT2D eigenvalue weighted by molar-refractivity contribution is -0.140. The predicted molar refractivity (Wildman–Crippen MR) is 74.5 cm³/mol. The number of halogens is 5. The van der Waals surface area contributed by atoms with E-state index in [1.165, 1.54) is 7.11 Å². The van der Waals surface area contributed by atoms with Crippen LogP contribution in [0.15, 0.2) is 24.3 Å². The number of esters is 1. The van der Waals surface area contributed by atoms with Crippen LogP contribution in [0.3, 0.4) is 0 Å². The maximum absolute atomic E-state index is 13.4. The van der Waals surface area contributed by atoms with Gasteiger partial charge in [-0.1, -0.05) is 12.1 Å². The number of carbonyl (C=O) groups is 1. The smallest absolute Gasteiger partial charge is 0.337 e. The molecule has 0 saturated heterocycles. The van der Waals surface area contributed by atoms with Gasteiger partial charge in [-0.25, -0.2) is 18.0 Å². The summed E-state index contributed by atoms with van der Waals surface area (Å²) in [5.74, 6) is -13.6. The maximum atomic E-state index is 13.4. The summed E-state index contributed by atoms with van der Waals surface area (Å²) in [7, 11) is 1.49. The summed E-state index contributed by atoms with van der Waals surface area (Å²) < 4.78 is 79.7. The lowest BCUT2D eigenvalue weighted by Gasteiger charge is -2.09.